The van der Waals surface area contributed by atoms with Crippen LogP contribution in [0.15, 0.2) is 0 Å². The minimum Gasteiger partial charge on any atom is -0.480 e. The monoisotopic (exact) mass is 270 g/mol. The van der Waals surface area contributed by atoms with Crippen molar-refractivity contribution in [1.29, 1.82) is 0 Å². The molecule has 0 rings (SSSR count). The third-order valence-electron chi connectivity index (χ3n) is 2.22. The molecule has 18 heavy (non-hydrogen) atoms. The van der Waals surface area contributed by atoms with Gasteiger partial charge < -0.3 is 10.0 Å². The van der Waals surface area contributed by atoms with Gasteiger partial charge in [-0.05, 0) is 6.42 Å². The van der Waals surface area contributed by atoms with Crippen LogP contribution in [0.25, 0.3) is 0 Å². The van der Waals surface area contributed by atoms with E-state index in [0.29, 0.717) is 17.7 Å². The molecule has 1 amide bonds. The summed E-state index contributed by atoms with van der Waals surface area (Å²) in [6.45, 7) is -0.00219. The molecule has 1 atom stereocenters. The van der Waals surface area contributed by atoms with Gasteiger partial charge in [-0.15, -0.1) is 0 Å². The average Bonchev–Trinajstić information content (AvgIpc) is 2.20. The molecule has 0 aromatic carbocycles. The van der Waals surface area contributed by atoms with Gasteiger partial charge in [0.2, 0.25) is 5.91 Å². The lowest BCUT2D eigenvalue weighted by molar-refractivity contribution is -0.158. The van der Waals surface area contributed by atoms with Gasteiger partial charge >= 0.3 is 12.1 Å². The Morgan fingerprint density at radius 3 is 2.33 bits per heavy atom. The molecular weight excluding hydrogens is 253 g/mol. The van der Waals surface area contributed by atoms with E-state index in [0.717, 1.165) is 7.05 Å². The Hall–Kier alpha value is -1.31. The Labute approximate surface area is 103 Å². The molecule has 2 N–H and O–H groups in total. The van der Waals surface area contributed by atoms with Crippen LogP contribution < -0.4 is 5.32 Å². The minimum absolute atomic E-state index is 0.311. The maximum atomic E-state index is 12.0. The number of hydrogen-bond donors (Lipinski definition) is 2. The third kappa shape index (κ3) is 7.10. The van der Waals surface area contributed by atoms with E-state index in [2.05, 4.69) is 5.32 Å². The van der Waals surface area contributed by atoms with E-state index in [4.69, 9.17) is 5.11 Å². The summed E-state index contributed by atoms with van der Waals surface area (Å²) in [6, 6.07) is -0.918. The fourth-order valence-corrected chi connectivity index (χ4v) is 1.30. The van der Waals surface area contributed by atoms with Crippen molar-refractivity contribution in [3.63, 3.8) is 0 Å². The Kier molecular flexibility index (Phi) is 6.67. The number of hydrogen-bond acceptors (Lipinski definition) is 3. The number of carbonyl (C=O) groups is 2. The largest absolute Gasteiger partial charge is 0.480 e. The number of nitrogens with zero attached hydrogens (tertiary/aromatic N) is 1. The summed E-state index contributed by atoms with van der Waals surface area (Å²) in [5.41, 5.74) is 0. The van der Waals surface area contributed by atoms with Crippen LogP contribution in [0.5, 0.6) is 0 Å². The van der Waals surface area contributed by atoms with Crippen molar-refractivity contribution >= 4 is 11.9 Å². The van der Waals surface area contributed by atoms with Gasteiger partial charge in [0.25, 0.3) is 0 Å². The van der Waals surface area contributed by atoms with Gasteiger partial charge in [-0.1, -0.05) is 13.3 Å². The highest BCUT2D eigenvalue weighted by Crippen LogP contribution is 2.15. The molecule has 0 aliphatic carbocycles. The quantitative estimate of drug-likeness (QED) is 0.719. The van der Waals surface area contributed by atoms with Crippen molar-refractivity contribution < 1.29 is 27.9 Å². The fraction of sp³-hybridized carbons (Fsp3) is 0.800. The number of amides is 1. The van der Waals surface area contributed by atoms with E-state index in [-0.39, 0.29) is 0 Å². The molecule has 106 valence electrons. The van der Waals surface area contributed by atoms with Crippen molar-refractivity contribution in [3.8, 4) is 0 Å². The number of rotatable bonds is 7. The predicted octanol–water partition coefficient (Wildman–Crippen LogP) is 0.850. The molecule has 0 bridgehead atoms. The lowest BCUT2D eigenvalue weighted by Crippen LogP contribution is -2.45. The summed E-state index contributed by atoms with van der Waals surface area (Å²) < 4.78 is 36.0. The number of aliphatic carboxylic acids is 1. The SMILES string of the molecule is CCCC(NCC(=O)N(C)CC(F)(F)F)C(=O)O. The summed E-state index contributed by atoms with van der Waals surface area (Å²) in [7, 11) is 1.02. The molecule has 1 unspecified atom stereocenters. The Bertz CT molecular complexity index is 295. The van der Waals surface area contributed by atoms with Crippen LogP contribution in [-0.2, 0) is 9.59 Å². The van der Waals surface area contributed by atoms with E-state index in [9.17, 15) is 22.8 Å². The highest BCUT2D eigenvalue weighted by molar-refractivity contribution is 5.79. The Morgan fingerprint density at radius 2 is 1.94 bits per heavy atom. The summed E-state index contributed by atoms with van der Waals surface area (Å²) in [6.07, 6.45) is -3.55. The molecule has 0 aliphatic heterocycles. The maximum absolute atomic E-state index is 12.0. The van der Waals surface area contributed by atoms with Gasteiger partial charge in [0.15, 0.2) is 0 Å². The van der Waals surface area contributed by atoms with Crippen LogP contribution >= 0.6 is 0 Å². The zero-order valence-corrected chi connectivity index (χ0v) is 10.3. The Balaban J connectivity index is 4.19. The third-order valence-corrected chi connectivity index (χ3v) is 2.22. The van der Waals surface area contributed by atoms with Crippen LogP contribution in [0.4, 0.5) is 13.2 Å². The molecule has 0 heterocycles. The molecule has 0 fully saturated rings. The number of likely N-dealkylation sites (N-methyl/N-ethyl adjacent to an activating group) is 1. The molecule has 0 radical (unpaired) electrons. The van der Waals surface area contributed by atoms with Crippen molar-refractivity contribution in [1.82, 2.24) is 10.2 Å². The summed E-state index contributed by atoms with van der Waals surface area (Å²) >= 11 is 0. The first-order valence-corrected chi connectivity index (χ1v) is 5.44. The predicted molar refractivity (Wildman–Crippen MR) is 58.0 cm³/mol. The second-order valence-corrected chi connectivity index (χ2v) is 3.93. The van der Waals surface area contributed by atoms with Gasteiger partial charge in [-0.25, -0.2) is 0 Å². The first-order chi connectivity index (χ1) is 8.17. The van der Waals surface area contributed by atoms with Gasteiger partial charge in [0.1, 0.15) is 12.6 Å². The average molecular weight is 270 g/mol. The number of nitrogens with one attached hydrogen (secondary N) is 1. The zero-order valence-electron chi connectivity index (χ0n) is 10.3. The molecule has 0 spiro atoms. The maximum Gasteiger partial charge on any atom is 0.406 e. The number of carbonyl (C=O) groups excluding carboxylic acids is 1. The first kappa shape index (κ1) is 16.7. The number of carboxylic acid groups (broad SMARTS) is 1. The van der Waals surface area contributed by atoms with Gasteiger partial charge in [0.05, 0.1) is 6.54 Å². The van der Waals surface area contributed by atoms with Crippen LogP contribution in [0, 0.1) is 0 Å². The summed E-state index contributed by atoms with van der Waals surface area (Å²) in [4.78, 5) is 22.6. The van der Waals surface area contributed by atoms with Gasteiger partial charge in [-0.3, -0.25) is 14.9 Å². The second kappa shape index (κ2) is 7.20. The molecule has 0 aromatic rings. The normalized spacial score (nSPS) is 13.2. The molecule has 0 aliphatic rings. The number of halogens is 3. The summed E-state index contributed by atoms with van der Waals surface area (Å²) in [5, 5.41) is 11.2. The number of carboxylic acids is 1. The van der Waals surface area contributed by atoms with E-state index in [1.54, 1.807) is 6.92 Å². The van der Waals surface area contributed by atoms with Crippen LogP contribution in [-0.4, -0.2) is 54.2 Å². The molecule has 0 saturated carbocycles. The molecular formula is C10H17F3N2O3. The van der Waals surface area contributed by atoms with E-state index in [1.165, 1.54) is 0 Å². The van der Waals surface area contributed by atoms with E-state index in [1.807, 2.05) is 0 Å². The van der Waals surface area contributed by atoms with Crippen molar-refractivity contribution in [2.45, 2.75) is 32.0 Å². The van der Waals surface area contributed by atoms with Crippen molar-refractivity contribution in [2.24, 2.45) is 0 Å². The van der Waals surface area contributed by atoms with E-state index < -0.39 is 37.2 Å². The topological polar surface area (TPSA) is 69.6 Å². The number of alkyl halides is 3. The van der Waals surface area contributed by atoms with Crippen LogP contribution in [0.3, 0.4) is 0 Å². The molecule has 0 aromatic heterocycles. The lowest BCUT2D eigenvalue weighted by atomic mass is 10.2. The zero-order chi connectivity index (χ0) is 14.3. The van der Waals surface area contributed by atoms with Crippen molar-refractivity contribution in [2.75, 3.05) is 20.1 Å². The smallest absolute Gasteiger partial charge is 0.406 e. The summed E-state index contributed by atoms with van der Waals surface area (Å²) in [5.74, 6) is -1.92. The van der Waals surface area contributed by atoms with E-state index >= 15 is 0 Å². The molecule has 8 heteroatoms. The fourth-order valence-electron chi connectivity index (χ4n) is 1.30. The lowest BCUT2D eigenvalue weighted by Gasteiger charge is -2.20. The van der Waals surface area contributed by atoms with Gasteiger partial charge in [-0.2, -0.15) is 13.2 Å². The standard InChI is InChI=1S/C10H17F3N2O3/c1-3-4-7(9(17)18)14-5-8(16)15(2)6-10(11,12)13/h7,14H,3-6H2,1-2H3,(H,17,18). The van der Waals surface area contributed by atoms with Crippen molar-refractivity contribution in [3.05, 3.63) is 0 Å². The van der Waals surface area contributed by atoms with Crippen LogP contribution in [0.1, 0.15) is 19.8 Å². The molecule has 0 saturated heterocycles. The second-order valence-electron chi connectivity index (χ2n) is 3.93. The Morgan fingerprint density at radius 1 is 1.39 bits per heavy atom. The molecule has 5 nitrogen and oxygen atoms in total. The van der Waals surface area contributed by atoms with Gasteiger partial charge in [0, 0.05) is 7.05 Å². The van der Waals surface area contributed by atoms with Crippen LogP contribution in [0.2, 0.25) is 0 Å². The minimum atomic E-state index is -4.46. The highest BCUT2D eigenvalue weighted by Gasteiger charge is 2.31. The first-order valence-electron chi connectivity index (χ1n) is 5.44. The highest BCUT2D eigenvalue weighted by atomic mass is 19.4.